The maximum absolute atomic E-state index is 12.6. The lowest BCUT2D eigenvalue weighted by Gasteiger charge is -2.10. The summed E-state index contributed by atoms with van der Waals surface area (Å²) in [7, 11) is 3.03. The number of halogens is 2. The van der Waals surface area contributed by atoms with Crippen molar-refractivity contribution < 1.29 is 19.0 Å². The van der Waals surface area contributed by atoms with Crippen molar-refractivity contribution in [3.05, 3.63) is 56.7 Å². The van der Waals surface area contributed by atoms with Crippen LogP contribution in [0.2, 0.25) is 5.02 Å². The van der Waals surface area contributed by atoms with E-state index in [-0.39, 0.29) is 11.5 Å². The number of benzene rings is 2. The Bertz CT molecular complexity index is 812. The van der Waals surface area contributed by atoms with Crippen LogP contribution in [0.5, 0.6) is 17.2 Å². The number of ketones is 1. The largest absolute Gasteiger partial charge is 0.496 e. The van der Waals surface area contributed by atoms with Gasteiger partial charge in [-0.1, -0.05) is 23.7 Å². The van der Waals surface area contributed by atoms with E-state index in [1.165, 1.54) is 14.2 Å². The minimum Gasteiger partial charge on any atom is -0.496 e. The third-order valence-electron chi connectivity index (χ3n) is 3.42. The highest BCUT2D eigenvalue weighted by atomic mass is 79.9. The average Bonchev–Trinajstić information content (AvgIpc) is 2.88. The average molecular weight is 396 g/mol. The lowest BCUT2D eigenvalue weighted by Crippen LogP contribution is -2.00. The van der Waals surface area contributed by atoms with E-state index in [1.54, 1.807) is 24.3 Å². The molecule has 1 aliphatic rings. The van der Waals surface area contributed by atoms with Crippen molar-refractivity contribution in [2.75, 3.05) is 14.2 Å². The molecule has 2 aromatic rings. The number of rotatable bonds is 3. The highest BCUT2D eigenvalue weighted by Gasteiger charge is 2.34. The molecule has 0 saturated heterocycles. The minimum atomic E-state index is -0.241. The van der Waals surface area contributed by atoms with Crippen molar-refractivity contribution in [1.29, 1.82) is 0 Å². The number of allylic oxidation sites excluding steroid dienone is 1. The van der Waals surface area contributed by atoms with Gasteiger partial charge in [-0.3, -0.25) is 4.79 Å². The SMILES string of the molecule is COc1cc(OC)c2c(c1Br)OC(=Cc1ccc(Cl)cc1)C2=O. The van der Waals surface area contributed by atoms with Gasteiger partial charge in [0.05, 0.1) is 14.2 Å². The van der Waals surface area contributed by atoms with E-state index in [0.29, 0.717) is 32.3 Å². The summed E-state index contributed by atoms with van der Waals surface area (Å²) in [5, 5.41) is 0.628. The van der Waals surface area contributed by atoms with E-state index >= 15 is 0 Å². The smallest absolute Gasteiger partial charge is 0.235 e. The van der Waals surface area contributed by atoms with E-state index in [4.69, 9.17) is 25.8 Å². The van der Waals surface area contributed by atoms with Gasteiger partial charge < -0.3 is 14.2 Å². The zero-order chi connectivity index (χ0) is 16.6. The summed E-state index contributed by atoms with van der Waals surface area (Å²) in [4.78, 5) is 12.6. The molecule has 0 fully saturated rings. The molecule has 6 heteroatoms. The molecule has 0 saturated carbocycles. The molecule has 0 bridgehead atoms. The van der Waals surface area contributed by atoms with E-state index < -0.39 is 0 Å². The zero-order valence-electron chi connectivity index (χ0n) is 12.4. The second kappa shape index (κ2) is 6.26. The van der Waals surface area contributed by atoms with Gasteiger partial charge in [-0.2, -0.15) is 0 Å². The van der Waals surface area contributed by atoms with E-state index in [9.17, 15) is 4.79 Å². The topological polar surface area (TPSA) is 44.8 Å². The van der Waals surface area contributed by atoms with Gasteiger partial charge in [-0.25, -0.2) is 0 Å². The molecule has 0 amide bonds. The van der Waals surface area contributed by atoms with Gasteiger partial charge in [0.15, 0.2) is 11.5 Å². The van der Waals surface area contributed by atoms with Crippen LogP contribution in [0.1, 0.15) is 15.9 Å². The van der Waals surface area contributed by atoms with Gasteiger partial charge in [-0.05, 0) is 39.7 Å². The summed E-state index contributed by atoms with van der Waals surface area (Å²) in [6.07, 6.45) is 1.66. The normalized spacial score (nSPS) is 14.6. The van der Waals surface area contributed by atoms with Crippen LogP contribution in [0.15, 0.2) is 40.6 Å². The van der Waals surface area contributed by atoms with Gasteiger partial charge in [0.1, 0.15) is 21.5 Å². The number of Topliss-reactive ketones (excluding diaryl/α,β-unsaturated/α-hetero) is 1. The molecule has 1 heterocycles. The molecular formula is C17H12BrClO4. The Hall–Kier alpha value is -1.98. The Morgan fingerprint density at radius 1 is 1.13 bits per heavy atom. The van der Waals surface area contributed by atoms with Gasteiger partial charge in [0, 0.05) is 11.1 Å². The number of hydrogen-bond acceptors (Lipinski definition) is 4. The zero-order valence-corrected chi connectivity index (χ0v) is 14.7. The first-order valence-electron chi connectivity index (χ1n) is 6.69. The van der Waals surface area contributed by atoms with Crippen LogP contribution in [-0.2, 0) is 0 Å². The van der Waals surface area contributed by atoms with Crippen LogP contribution in [0.4, 0.5) is 0 Å². The van der Waals surface area contributed by atoms with Crippen LogP contribution in [0.3, 0.4) is 0 Å². The fourth-order valence-corrected chi connectivity index (χ4v) is 2.97. The third-order valence-corrected chi connectivity index (χ3v) is 4.42. The second-order valence-corrected chi connectivity index (χ2v) is 6.02. The van der Waals surface area contributed by atoms with E-state index in [1.807, 2.05) is 12.1 Å². The fourth-order valence-electron chi connectivity index (χ4n) is 2.29. The molecule has 0 aliphatic carbocycles. The van der Waals surface area contributed by atoms with E-state index in [2.05, 4.69) is 15.9 Å². The standard InChI is InChI=1S/C17H12BrClO4/c1-21-11-8-12(22-2)15(18)17-14(11)16(20)13(23-17)7-9-3-5-10(19)6-4-9/h3-8H,1-2H3. The molecule has 4 nitrogen and oxygen atoms in total. The van der Waals surface area contributed by atoms with Crippen molar-refractivity contribution in [3.63, 3.8) is 0 Å². The van der Waals surface area contributed by atoms with Crippen LogP contribution in [-0.4, -0.2) is 20.0 Å². The summed E-state index contributed by atoms with van der Waals surface area (Å²) in [5.41, 5.74) is 1.19. The van der Waals surface area contributed by atoms with Crippen molar-refractivity contribution in [2.24, 2.45) is 0 Å². The van der Waals surface area contributed by atoms with Crippen molar-refractivity contribution in [2.45, 2.75) is 0 Å². The molecule has 0 N–H and O–H groups in total. The molecule has 118 valence electrons. The maximum Gasteiger partial charge on any atom is 0.235 e. The summed E-state index contributed by atoms with van der Waals surface area (Å²) in [6.45, 7) is 0. The van der Waals surface area contributed by atoms with Gasteiger partial charge in [0.2, 0.25) is 5.78 Å². The van der Waals surface area contributed by atoms with Gasteiger partial charge >= 0.3 is 0 Å². The summed E-state index contributed by atoms with van der Waals surface area (Å²) in [5.74, 6) is 1.31. The Morgan fingerprint density at radius 3 is 2.39 bits per heavy atom. The first-order chi connectivity index (χ1) is 11.0. The molecule has 3 rings (SSSR count). The Labute approximate surface area is 146 Å². The number of ether oxygens (including phenoxy) is 3. The quantitative estimate of drug-likeness (QED) is 0.705. The molecular weight excluding hydrogens is 384 g/mol. The van der Waals surface area contributed by atoms with Crippen molar-refractivity contribution in [1.82, 2.24) is 0 Å². The molecule has 2 aromatic carbocycles. The van der Waals surface area contributed by atoms with Gasteiger partial charge in [-0.15, -0.1) is 0 Å². The molecule has 1 aliphatic heterocycles. The molecule has 23 heavy (non-hydrogen) atoms. The Morgan fingerprint density at radius 2 is 1.78 bits per heavy atom. The van der Waals surface area contributed by atoms with Crippen molar-refractivity contribution in [3.8, 4) is 17.2 Å². The predicted molar refractivity (Wildman–Crippen MR) is 91.6 cm³/mol. The Balaban J connectivity index is 2.08. The summed E-state index contributed by atoms with van der Waals surface area (Å²) >= 11 is 9.27. The minimum absolute atomic E-state index is 0.217. The summed E-state index contributed by atoms with van der Waals surface area (Å²) < 4.78 is 16.9. The molecule has 0 atom stereocenters. The first-order valence-corrected chi connectivity index (χ1v) is 7.86. The fraction of sp³-hybridized carbons (Fsp3) is 0.118. The van der Waals surface area contributed by atoms with Crippen LogP contribution >= 0.6 is 27.5 Å². The van der Waals surface area contributed by atoms with E-state index in [0.717, 1.165) is 5.56 Å². The molecule has 0 unspecified atom stereocenters. The number of fused-ring (bicyclic) bond motifs is 1. The number of hydrogen-bond donors (Lipinski definition) is 0. The van der Waals surface area contributed by atoms with Crippen LogP contribution < -0.4 is 14.2 Å². The number of carbonyl (C=O) groups excluding carboxylic acids is 1. The number of carbonyl (C=O) groups is 1. The first kappa shape index (κ1) is 15.9. The van der Waals surface area contributed by atoms with Crippen molar-refractivity contribution >= 4 is 39.4 Å². The Kier molecular flexibility index (Phi) is 4.33. The molecule has 0 aromatic heterocycles. The lowest BCUT2D eigenvalue weighted by molar-refractivity contribution is 0.101. The monoisotopic (exact) mass is 394 g/mol. The third kappa shape index (κ3) is 2.82. The predicted octanol–water partition coefficient (Wildman–Crippen LogP) is 4.74. The highest BCUT2D eigenvalue weighted by molar-refractivity contribution is 9.10. The summed E-state index contributed by atoms with van der Waals surface area (Å²) in [6, 6.07) is 8.76. The van der Waals surface area contributed by atoms with Gasteiger partial charge in [0.25, 0.3) is 0 Å². The number of methoxy groups -OCH3 is 2. The van der Waals surface area contributed by atoms with Crippen LogP contribution in [0.25, 0.3) is 6.08 Å². The highest BCUT2D eigenvalue weighted by Crippen LogP contribution is 2.48. The maximum atomic E-state index is 12.6. The molecule has 0 radical (unpaired) electrons. The molecule has 0 spiro atoms. The second-order valence-electron chi connectivity index (χ2n) is 4.79. The van der Waals surface area contributed by atoms with Crippen LogP contribution in [0, 0.1) is 0 Å². The lowest BCUT2D eigenvalue weighted by atomic mass is 10.1.